The van der Waals surface area contributed by atoms with Gasteiger partial charge in [0.1, 0.15) is 12.4 Å². The van der Waals surface area contributed by atoms with Gasteiger partial charge in [0.05, 0.1) is 5.56 Å². The average molecular weight is 309 g/mol. The van der Waals surface area contributed by atoms with Gasteiger partial charge in [-0.3, -0.25) is 9.69 Å². The normalized spacial score (nSPS) is 15.3. The van der Waals surface area contributed by atoms with Gasteiger partial charge in [-0.2, -0.15) is 0 Å². The second-order valence-corrected chi connectivity index (χ2v) is 5.95. The van der Waals surface area contributed by atoms with Crippen molar-refractivity contribution in [1.29, 1.82) is 0 Å². The minimum atomic E-state index is 0.624. The summed E-state index contributed by atoms with van der Waals surface area (Å²) in [6, 6.07) is 15.8. The lowest BCUT2D eigenvalue weighted by molar-refractivity contribution is 0.111. The maximum Gasteiger partial charge on any atom is 0.154 e. The predicted octanol–water partition coefficient (Wildman–Crippen LogP) is 4.03. The van der Waals surface area contributed by atoms with Crippen LogP contribution in [-0.4, -0.2) is 37.4 Å². The molecule has 3 heteroatoms. The van der Waals surface area contributed by atoms with E-state index in [1.165, 1.54) is 19.3 Å². The van der Waals surface area contributed by atoms with Crippen molar-refractivity contribution < 1.29 is 9.53 Å². The Hall–Kier alpha value is -2.13. The van der Waals surface area contributed by atoms with Gasteiger partial charge in [-0.1, -0.05) is 48.9 Å². The number of benzene rings is 2. The van der Waals surface area contributed by atoms with E-state index in [4.69, 9.17) is 4.74 Å². The third-order valence-corrected chi connectivity index (χ3v) is 4.38. The summed E-state index contributed by atoms with van der Waals surface area (Å²) in [6.07, 6.45) is 4.80. The topological polar surface area (TPSA) is 29.5 Å². The Morgan fingerprint density at radius 3 is 2.48 bits per heavy atom. The molecule has 1 heterocycles. The summed E-state index contributed by atoms with van der Waals surface area (Å²) in [5.41, 5.74) is 2.60. The highest BCUT2D eigenvalue weighted by atomic mass is 16.5. The number of carbonyl (C=O) groups excluding carboxylic acids is 1. The van der Waals surface area contributed by atoms with Crippen LogP contribution in [0.15, 0.2) is 48.5 Å². The van der Waals surface area contributed by atoms with E-state index in [9.17, 15) is 4.79 Å². The first kappa shape index (κ1) is 15.8. The van der Waals surface area contributed by atoms with Crippen LogP contribution < -0.4 is 4.74 Å². The largest absolute Gasteiger partial charge is 0.491 e. The molecule has 0 spiro atoms. The van der Waals surface area contributed by atoms with Gasteiger partial charge in [-0.25, -0.2) is 0 Å². The van der Waals surface area contributed by atoms with Gasteiger partial charge in [0.25, 0.3) is 0 Å². The molecule has 0 radical (unpaired) electrons. The zero-order chi connectivity index (χ0) is 15.9. The fourth-order valence-corrected chi connectivity index (χ4v) is 3.13. The highest BCUT2D eigenvalue weighted by Crippen LogP contribution is 2.29. The van der Waals surface area contributed by atoms with Gasteiger partial charge < -0.3 is 4.74 Å². The molecule has 2 aromatic carbocycles. The van der Waals surface area contributed by atoms with Crippen LogP contribution in [0.25, 0.3) is 11.1 Å². The van der Waals surface area contributed by atoms with E-state index in [0.717, 1.165) is 37.0 Å². The summed E-state index contributed by atoms with van der Waals surface area (Å²) < 4.78 is 5.92. The number of carbonyl (C=O) groups is 1. The second-order valence-electron chi connectivity index (χ2n) is 5.95. The molecule has 3 nitrogen and oxygen atoms in total. The van der Waals surface area contributed by atoms with E-state index in [1.54, 1.807) is 0 Å². The minimum absolute atomic E-state index is 0.624. The van der Waals surface area contributed by atoms with Gasteiger partial charge >= 0.3 is 0 Å². The zero-order valence-corrected chi connectivity index (χ0v) is 13.4. The van der Waals surface area contributed by atoms with E-state index in [0.29, 0.717) is 17.9 Å². The monoisotopic (exact) mass is 309 g/mol. The van der Waals surface area contributed by atoms with E-state index in [-0.39, 0.29) is 0 Å². The highest BCUT2D eigenvalue weighted by Gasteiger charge is 2.12. The standard InChI is InChI=1S/C20H23NO2/c22-16-19-18(17-8-3-1-4-9-17)10-7-11-20(19)23-15-14-21-12-5-2-6-13-21/h1,3-4,7-11,16H,2,5-6,12-15H2. The minimum Gasteiger partial charge on any atom is -0.491 e. The molecule has 1 aliphatic rings. The Labute approximate surface area is 137 Å². The molecule has 0 aliphatic carbocycles. The zero-order valence-electron chi connectivity index (χ0n) is 13.4. The number of ether oxygens (including phenoxy) is 1. The number of piperidine rings is 1. The van der Waals surface area contributed by atoms with Crippen molar-refractivity contribution in [2.75, 3.05) is 26.2 Å². The first-order valence-electron chi connectivity index (χ1n) is 8.37. The Bertz CT molecular complexity index is 633. The molecule has 0 aromatic heterocycles. The van der Waals surface area contributed by atoms with Crippen LogP contribution >= 0.6 is 0 Å². The highest BCUT2D eigenvalue weighted by molar-refractivity contribution is 5.90. The summed E-state index contributed by atoms with van der Waals surface area (Å²) in [5, 5.41) is 0. The van der Waals surface area contributed by atoms with E-state index in [2.05, 4.69) is 4.90 Å². The lowest BCUT2D eigenvalue weighted by Gasteiger charge is -2.26. The van der Waals surface area contributed by atoms with Crippen molar-refractivity contribution in [3.63, 3.8) is 0 Å². The van der Waals surface area contributed by atoms with E-state index in [1.807, 2.05) is 48.5 Å². The number of likely N-dealkylation sites (tertiary alicyclic amines) is 1. The van der Waals surface area contributed by atoms with Gasteiger partial charge in [0.2, 0.25) is 0 Å². The van der Waals surface area contributed by atoms with Crippen LogP contribution in [-0.2, 0) is 0 Å². The van der Waals surface area contributed by atoms with E-state index < -0.39 is 0 Å². The number of rotatable bonds is 6. The molecule has 0 bridgehead atoms. The molecule has 0 unspecified atom stereocenters. The van der Waals surface area contributed by atoms with Crippen molar-refractivity contribution in [2.24, 2.45) is 0 Å². The van der Waals surface area contributed by atoms with Gasteiger partial charge in [-0.05, 0) is 43.1 Å². The Balaban J connectivity index is 1.70. The molecule has 0 saturated carbocycles. The molecule has 1 aliphatic heterocycles. The fraction of sp³-hybridized carbons (Fsp3) is 0.350. The lowest BCUT2D eigenvalue weighted by Crippen LogP contribution is -2.33. The molecule has 23 heavy (non-hydrogen) atoms. The summed E-state index contributed by atoms with van der Waals surface area (Å²) in [6.45, 7) is 3.87. The molecule has 0 N–H and O–H groups in total. The Morgan fingerprint density at radius 1 is 0.957 bits per heavy atom. The van der Waals surface area contributed by atoms with Crippen molar-refractivity contribution in [3.8, 4) is 16.9 Å². The summed E-state index contributed by atoms with van der Waals surface area (Å²) >= 11 is 0. The van der Waals surface area contributed by atoms with Crippen LogP contribution in [0.5, 0.6) is 5.75 Å². The Morgan fingerprint density at radius 2 is 1.74 bits per heavy atom. The van der Waals surface area contributed by atoms with Crippen molar-refractivity contribution in [2.45, 2.75) is 19.3 Å². The number of hydrogen-bond acceptors (Lipinski definition) is 3. The first-order valence-corrected chi connectivity index (χ1v) is 8.37. The van der Waals surface area contributed by atoms with Crippen LogP contribution in [0.3, 0.4) is 0 Å². The van der Waals surface area contributed by atoms with Crippen LogP contribution in [0.1, 0.15) is 29.6 Å². The summed E-state index contributed by atoms with van der Waals surface area (Å²) in [5.74, 6) is 0.679. The first-order chi connectivity index (χ1) is 11.4. The molecule has 0 atom stereocenters. The molecule has 3 rings (SSSR count). The molecular weight excluding hydrogens is 286 g/mol. The third-order valence-electron chi connectivity index (χ3n) is 4.38. The molecule has 120 valence electrons. The Kier molecular flexibility index (Phi) is 5.43. The fourth-order valence-electron chi connectivity index (χ4n) is 3.13. The quantitative estimate of drug-likeness (QED) is 0.755. The van der Waals surface area contributed by atoms with Crippen LogP contribution in [0, 0.1) is 0 Å². The molecule has 1 saturated heterocycles. The third kappa shape index (κ3) is 3.99. The molecule has 0 amide bonds. The van der Waals surface area contributed by atoms with Crippen molar-refractivity contribution in [1.82, 2.24) is 4.90 Å². The molecule has 1 fully saturated rings. The van der Waals surface area contributed by atoms with E-state index >= 15 is 0 Å². The number of nitrogens with zero attached hydrogens (tertiary/aromatic N) is 1. The van der Waals surface area contributed by atoms with Crippen LogP contribution in [0.2, 0.25) is 0 Å². The lowest BCUT2D eigenvalue weighted by atomic mass is 10.00. The summed E-state index contributed by atoms with van der Waals surface area (Å²) in [4.78, 5) is 14.0. The van der Waals surface area contributed by atoms with Crippen molar-refractivity contribution >= 4 is 6.29 Å². The van der Waals surface area contributed by atoms with Gasteiger partial charge in [-0.15, -0.1) is 0 Å². The SMILES string of the molecule is O=Cc1c(OCCN2CCCCC2)cccc1-c1ccccc1. The van der Waals surface area contributed by atoms with Crippen LogP contribution in [0.4, 0.5) is 0 Å². The predicted molar refractivity (Wildman–Crippen MR) is 93.1 cm³/mol. The second kappa shape index (κ2) is 7.93. The van der Waals surface area contributed by atoms with Gasteiger partial charge in [0.15, 0.2) is 6.29 Å². The average Bonchev–Trinajstić information content (AvgIpc) is 2.63. The maximum atomic E-state index is 11.6. The summed E-state index contributed by atoms with van der Waals surface area (Å²) in [7, 11) is 0. The number of hydrogen-bond donors (Lipinski definition) is 0. The van der Waals surface area contributed by atoms with Gasteiger partial charge in [0, 0.05) is 6.54 Å². The molecule has 2 aromatic rings. The maximum absolute atomic E-state index is 11.6. The smallest absolute Gasteiger partial charge is 0.154 e. The molecular formula is C20H23NO2. The van der Waals surface area contributed by atoms with Crippen molar-refractivity contribution in [3.05, 3.63) is 54.1 Å². The number of aldehydes is 1.